The fraction of sp³-hybridized carbons (Fsp3) is 0.647. The zero-order chi connectivity index (χ0) is 14.2. The highest BCUT2D eigenvalue weighted by Gasteiger charge is 2.13. The summed E-state index contributed by atoms with van der Waals surface area (Å²) in [5, 5.41) is 3.61. The predicted molar refractivity (Wildman–Crippen MR) is 82.5 cm³/mol. The van der Waals surface area contributed by atoms with E-state index in [9.17, 15) is 0 Å². The van der Waals surface area contributed by atoms with Crippen LogP contribution < -0.4 is 14.8 Å². The van der Waals surface area contributed by atoms with Gasteiger partial charge < -0.3 is 14.8 Å². The summed E-state index contributed by atoms with van der Waals surface area (Å²) in [6, 6.07) is 6.83. The van der Waals surface area contributed by atoms with Gasteiger partial charge in [0, 0.05) is 6.04 Å². The Balaban J connectivity index is 1.64. The van der Waals surface area contributed by atoms with Crippen LogP contribution in [0.25, 0.3) is 0 Å². The molecule has 0 amide bonds. The van der Waals surface area contributed by atoms with Crippen LogP contribution >= 0.6 is 0 Å². The van der Waals surface area contributed by atoms with Crippen molar-refractivity contribution in [3.8, 4) is 11.5 Å². The fourth-order valence-electron chi connectivity index (χ4n) is 2.48. The van der Waals surface area contributed by atoms with E-state index in [1.807, 2.05) is 6.07 Å². The van der Waals surface area contributed by atoms with Crippen LogP contribution in [0, 0.1) is 0 Å². The van der Waals surface area contributed by atoms with Crippen molar-refractivity contribution in [2.45, 2.75) is 58.4 Å². The molecule has 0 fully saturated rings. The molecule has 0 spiro atoms. The molecule has 1 N–H and O–H groups in total. The third kappa shape index (κ3) is 4.71. The van der Waals surface area contributed by atoms with E-state index < -0.39 is 0 Å². The van der Waals surface area contributed by atoms with Gasteiger partial charge in [0.1, 0.15) is 0 Å². The van der Waals surface area contributed by atoms with E-state index in [-0.39, 0.29) is 0 Å². The van der Waals surface area contributed by atoms with Gasteiger partial charge in [-0.15, -0.1) is 0 Å². The van der Waals surface area contributed by atoms with Crippen molar-refractivity contribution in [2.24, 2.45) is 0 Å². The minimum absolute atomic E-state index is 0.356. The van der Waals surface area contributed by atoms with E-state index >= 15 is 0 Å². The molecular formula is C17H27NO2. The maximum atomic E-state index is 5.41. The Bertz CT molecular complexity index is 406. The van der Waals surface area contributed by atoms with Crippen molar-refractivity contribution in [1.29, 1.82) is 0 Å². The molecular weight excluding hydrogens is 250 g/mol. The number of unbranched alkanes of at least 4 members (excludes halogenated alkanes) is 3. The molecule has 0 aliphatic carbocycles. The van der Waals surface area contributed by atoms with Gasteiger partial charge in [-0.3, -0.25) is 0 Å². The lowest BCUT2D eigenvalue weighted by molar-refractivity contribution is 0.174. The topological polar surface area (TPSA) is 30.5 Å². The number of hydrogen-bond donors (Lipinski definition) is 1. The van der Waals surface area contributed by atoms with Crippen LogP contribution in [0.15, 0.2) is 18.2 Å². The summed E-state index contributed by atoms with van der Waals surface area (Å²) >= 11 is 0. The average molecular weight is 277 g/mol. The lowest BCUT2D eigenvalue weighted by Crippen LogP contribution is -2.27. The number of nitrogens with one attached hydrogen (secondary N) is 1. The molecule has 1 unspecified atom stereocenters. The summed E-state index contributed by atoms with van der Waals surface area (Å²) in [7, 11) is 0. The minimum atomic E-state index is 0.356. The number of benzene rings is 1. The van der Waals surface area contributed by atoms with E-state index in [0.717, 1.165) is 30.9 Å². The Morgan fingerprint density at radius 1 is 1.15 bits per heavy atom. The molecule has 0 aromatic heterocycles. The normalized spacial score (nSPS) is 14.5. The molecule has 0 saturated heterocycles. The second-order valence-electron chi connectivity index (χ2n) is 5.64. The van der Waals surface area contributed by atoms with Gasteiger partial charge >= 0.3 is 0 Å². The Kier molecular flexibility index (Phi) is 6.19. The Hall–Kier alpha value is -1.22. The highest BCUT2D eigenvalue weighted by atomic mass is 16.7. The molecule has 2 rings (SSSR count). The second-order valence-corrected chi connectivity index (χ2v) is 5.64. The van der Waals surface area contributed by atoms with E-state index in [0.29, 0.717) is 12.8 Å². The van der Waals surface area contributed by atoms with Gasteiger partial charge in [0.2, 0.25) is 6.79 Å². The highest BCUT2D eigenvalue weighted by Crippen LogP contribution is 2.32. The monoisotopic (exact) mass is 277 g/mol. The zero-order valence-electron chi connectivity index (χ0n) is 12.8. The van der Waals surface area contributed by atoms with E-state index in [4.69, 9.17) is 9.47 Å². The number of rotatable bonds is 9. The summed E-state index contributed by atoms with van der Waals surface area (Å²) in [6.45, 7) is 6.02. The zero-order valence-corrected chi connectivity index (χ0v) is 12.8. The molecule has 112 valence electrons. The van der Waals surface area contributed by atoms with Crippen LogP contribution in [0.5, 0.6) is 11.5 Å². The minimum Gasteiger partial charge on any atom is -0.454 e. The highest BCUT2D eigenvalue weighted by molar-refractivity contribution is 5.44. The molecule has 0 saturated carbocycles. The lowest BCUT2D eigenvalue weighted by Gasteiger charge is -2.13. The van der Waals surface area contributed by atoms with Crippen LogP contribution in [0.2, 0.25) is 0 Å². The third-order valence-corrected chi connectivity index (χ3v) is 3.83. The molecule has 1 atom stereocenters. The maximum absolute atomic E-state index is 5.41. The van der Waals surface area contributed by atoms with Gasteiger partial charge in [0.05, 0.1) is 0 Å². The number of fused-ring (bicyclic) bond motifs is 1. The van der Waals surface area contributed by atoms with Gasteiger partial charge in [-0.2, -0.15) is 0 Å². The fourth-order valence-corrected chi connectivity index (χ4v) is 2.48. The Morgan fingerprint density at radius 3 is 2.85 bits per heavy atom. The van der Waals surface area contributed by atoms with Crippen LogP contribution in [0.1, 0.15) is 51.5 Å². The first kappa shape index (κ1) is 15.2. The van der Waals surface area contributed by atoms with Gasteiger partial charge in [-0.25, -0.2) is 0 Å². The first-order valence-electron chi connectivity index (χ1n) is 7.91. The van der Waals surface area contributed by atoms with Crippen LogP contribution in [-0.2, 0) is 6.42 Å². The van der Waals surface area contributed by atoms with Crippen LogP contribution in [0.3, 0.4) is 0 Å². The maximum Gasteiger partial charge on any atom is 0.231 e. The molecule has 0 radical (unpaired) electrons. The van der Waals surface area contributed by atoms with Gasteiger partial charge in [0.15, 0.2) is 11.5 Å². The summed E-state index contributed by atoms with van der Waals surface area (Å²) in [4.78, 5) is 0. The largest absolute Gasteiger partial charge is 0.454 e. The molecule has 1 heterocycles. The van der Waals surface area contributed by atoms with Crippen LogP contribution in [-0.4, -0.2) is 19.4 Å². The lowest BCUT2D eigenvalue weighted by atomic mass is 10.1. The van der Waals surface area contributed by atoms with Crippen molar-refractivity contribution >= 4 is 0 Å². The van der Waals surface area contributed by atoms with Gasteiger partial charge in [0.25, 0.3) is 0 Å². The number of hydrogen-bond acceptors (Lipinski definition) is 3. The SMILES string of the molecule is CCCCCCNC(C)CCc1ccc2c(c1)OCO2. The predicted octanol–water partition coefficient (Wildman–Crippen LogP) is 3.91. The van der Waals surface area contributed by atoms with Gasteiger partial charge in [-0.05, 0) is 50.4 Å². The summed E-state index contributed by atoms with van der Waals surface area (Å²) in [5.41, 5.74) is 1.33. The standard InChI is InChI=1S/C17H27NO2/c1-3-4-5-6-11-18-14(2)7-8-15-9-10-16-17(12-15)20-13-19-16/h9-10,12,14,18H,3-8,11,13H2,1-2H3. The smallest absolute Gasteiger partial charge is 0.231 e. The molecule has 1 aliphatic heterocycles. The summed E-state index contributed by atoms with van der Waals surface area (Å²) in [6.07, 6.45) is 7.54. The van der Waals surface area contributed by atoms with E-state index in [1.54, 1.807) is 0 Å². The molecule has 1 aromatic rings. The van der Waals surface area contributed by atoms with E-state index in [2.05, 4.69) is 31.3 Å². The quantitative estimate of drug-likeness (QED) is 0.694. The van der Waals surface area contributed by atoms with Crippen LogP contribution in [0.4, 0.5) is 0 Å². The van der Waals surface area contributed by atoms with Crippen molar-refractivity contribution in [3.05, 3.63) is 23.8 Å². The van der Waals surface area contributed by atoms with Crippen molar-refractivity contribution in [3.63, 3.8) is 0 Å². The molecule has 20 heavy (non-hydrogen) atoms. The number of aryl methyl sites for hydroxylation is 1. The molecule has 1 aliphatic rings. The van der Waals surface area contributed by atoms with Gasteiger partial charge in [-0.1, -0.05) is 32.3 Å². The second kappa shape index (κ2) is 8.15. The Morgan fingerprint density at radius 2 is 2.00 bits per heavy atom. The molecule has 1 aromatic carbocycles. The summed E-state index contributed by atoms with van der Waals surface area (Å²) < 4.78 is 10.7. The van der Waals surface area contributed by atoms with Crippen molar-refractivity contribution in [2.75, 3.05) is 13.3 Å². The number of ether oxygens (including phenoxy) is 2. The first-order valence-corrected chi connectivity index (χ1v) is 7.91. The van der Waals surface area contributed by atoms with Crippen molar-refractivity contribution < 1.29 is 9.47 Å². The Labute approximate surface area is 122 Å². The molecule has 3 heteroatoms. The summed E-state index contributed by atoms with van der Waals surface area (Å²) in [5.74, 6) is 1.76. The van der Waals surface area contributed by atoms with Crippen molar-refractivity contribution in [1.82, 2.24) is 5.32 Å². The van der Waals surface area contributed by atoms with E-state index in [1.165, 1.54) is 31.2 Å². The molecule has 3 nitrogen and oxygen atoms in total. The third-order valence-electron chi connectivity index (χ3n) is 3.83. The average Bonchev–Trinajstić information content (AvgIpc) is 2.92. The first-order chi connectivity index (χ1) is 9.79. The molecule has 0 bridgehead atoms.